The summed E-state index contributed by atoms with van der Waals surface area (Å²) >= 11 is 0. The molecule has 0 spiro atoms. The van der Waals surface area contributed by atoms with Crippen LogP contribution in [0, 0.1) is 6.92 Å². The van der Waals surface area contributed by atoms with Crippen LogP contribution in [0.3, 0.4) is 0 Å². The lowest BCUT2D eigenvalue weighted by Crippen LogP contribution is -2.28. The van der Waals surface area contributed by atoms with E-state index in [1.165, 1.54) is 0 Å². The first kappa shape index (κ1) is 15.3. The van der Waals surface area contributed by atoms with E-state index in [0.717, 1.165) is 11.3 Å². The van der Waals surface area contributed by atoms with Crippen LogP contribution >= 0.6 is 0 Å². The van der Waals surface area contributed by atoms with Crippen molar-refractivity contribution in [2.45, 2.75) is 32.9 Å². The Morgan fingerprint density at radius 1 is 1.38 bits per heavy atom. The summed E-state index contributed by atoms with van der Waals surface area (Å²) in [6, 6.07) is 11.2. The highest BCUT2D eigenvalue weighted by Gasteiger charge is 2.13. The Kier molecular flexibility index (Phi) is 5.11. The molecule has 112 valence electrons. The van der Waals surface area contributed by atoms with Gasteiger partial charge >= 0.3 is 0 Å². The molecule has 0 radical (unpaired) electrons. The SMILES string of the molecule is CCn1nc(C)cc1C(=O)NCCC(O)c1ccccc1. The summed E-state index contributed by atoms with van der Waals surface area (Å²) in [4.78, 5) is 12.1. The largest absolute Gasteiger partial charge is 0.388 e. The third kappa shape index (κ3) is 3.92. The predicted octanol–water partition coefficient (Wildman–Crippen LogP) is 2.06. The molecule has 1 amide bonds. The Morgan fingerprint density at radius 2 is 2.10 bits per heavy atom. The highest BCUT2D eigenvalue weighted by Crippen LogP contribution is 2.15. The number of carbonyl (C=O) groups is 1. The number of hydrogen-bond acceptors (Lipinski definition) is 3. The number of aromatic nitrogens is 2. The zero-order valence-corrected chi connectivity index (χ0v) is 12.4. The Balaban J connectivity index is 1.87. The monoisotopic (exact) mass is 287 g/mol. The van der Waals surface area contributed by atoms with Gasteiger partial charge in [-0.05, 0) is 31.9 Å². The average molecular weight is 287 g/mol. The van der Waals surface area contributed by atoms with Crippen molar-refractivity contribution in [1.29, 1.82) is 0 Å². The topological polar surface area (TPSA) is 67.2 Å². The number of rotatable bonds is 6. The van der Waals surface area contributed by atoms with Gasteiger partial charge in [0.25, 0.3) is 5.91 Å². The smallest absolute Gasteiger partial charge is 0.269 e. The molecule has 0 saturated heterocycles. The molecule has 0 bridgehead atoms. The highest BCUT2D eigenvalue weighted by molar-refractivity contribution is 5.92. The Hall–Kier alpha value is -2.14. The van der Waals surface area contributed by atoms with Crippen LogP contribution in [0.25, 0.3) is 0 Å². The number of amides is 1. The summed E-state index contributed by atoms with van der Waals surface area (Å²) in [5.74, 6) is -0.155. The zero-order chi connectivity index (χ0) is 15.2. The van der Waals surface area contributed by atoms with Crippen LogP contribution in [0.1, 0.15) is 41.2 Å². The van der Waals surface area contributed by atoms with Gasteiger partial charge in [-0.3, -0.25) is 9.48 Å². The molecule has 0 aliphatic carbocycles. The van der Waals surface area contributed by atoms with Gasteiger partial charge in [-0.15, -0.1) is 0 Å². The lowest BCUT2D eigenvalue weighted by molar-refractivity contribution is 0.0932. The first-order valence-electron chi connectivity index (χ1n) is 7.17. The summed E-state index contributed by atoms with van der Waals surface area (Å²) in [5, 5.41) is 17.1. The molecule has 1 aromatic carbocycles. The Bertz CT molecular complexity index is 593. The standard InChI is InChI=1S/C16H21N3O2/c1-3-19-14(11-12(2)18-19)16(21)17-10-9-15(20)13-7-5-4-6-8-13/h4-8,11,15,20H,3,9-10H2,1-2H3,(H,17,21). The van der Waals surface area contributed by atoms with Crippen molar-refractivity contribution < 1.29 is 9.90 Å². The van der Waals surface area contributed by atoms with Crippen molar-refractivity contribution in [2.24, 2.45) is 0 Å². The fourth-order valence-electron chi connectivity index (χ4n) is 2.22. The fourth-order valence-corrected chi connectivity index (χ4v) is 2.22. The number of aryl methyl sites for hydroxylation is 2. The molecule has 0 aliphatic heterocycles. The molecule has 1 unspecified atom stereocenters. The van der Waals surface area contributed by atoms with Crippen LogP contribution in [0.5, 0.6) is 0 Å². The zero-order valence-electron chi connectivity index (χ0n) is 12.4. The molecule has 5 nitrogen and oxygen atoms in total. The summed E-state index contributed by atoms with van der Waals surface area (Å²) in [6.07, 6.45) is -0.0843. The Morgan fingerprint density at radius 3 is 2.76 bits per heavy atom. The third-order valence-corrected chi connectivity index (χ3v) is 3.32. The number of hydrogen-bond donors (Lipinski definition) is 2. The van der Waals surface area contributed by atoms with Crippen molar-refractivity contribution in [3.05, 3.63) is 53.3 Å². The lowest BCUT2D eigenvalue weighted by atomic mass is 10.1. The summed E-state index contributed by atoms with van der Waals surface area (Å²) in [7, 11) is 0. The molecular formula is C16H21N3O2. The molecule has 0 saturated carbocycles. The van der Waals surface area contributed by atoms with Crippen molar-refractivity contribution in [3.8, 4) is 0 Å². The van der Waals surface area contributed by atoms with E-state index in [2.05, 4.69) is 10.4 Å². The van der Waals surface area contributed by atoms with Gasteiger partial charge in [0, 0.05) is 13.1 Å². The van der Waals surface area contributed by atoms with Gasteiger partial charge in [0.15, 0.2) is 0 Å². The fraction of sp³-hybridized carbons (Fsp3) is 0.375. The molecule has 2 N–H and O–H groups in total. The maximum absolute atomic E-state index is 12.1. The summed E-state index contributed by atoms with van der Waals surface area (Å²) in [5.41, 5.74) is 2.25. The number of benzene rings is 1. The highest BCUT2D eigenvalue weighted by atomic mass is 16.3. The molecule has 0 aliphatic rings. The van der Waals surface area contributed by atoms with Gasteiger partial charge in [-0.1, -0.05) is 30.3 Å². The van der Waals surface area contributed by atoms with E-state index in [4.69, 9.17) is 0 Å². The van der Waals surface area contributed by atoms with E-state index in [0.29, 0.717) is 25.2 Å². The van der Waals surface area contributed by atoms with Crippen molar-refractivity contribution >= 4 is 5.91 Å². The molecular weight excluding hydrogens is 266 g/mol. The van der Waals surface area contributed by atoms with Crippen LogP contribution in [-0.2, 0) is 6.54 Å². The van der Waals surface area contributed by atoms with Gasteiger partial charge in [-0.25, -0.2) is 0 Å². The quantitative estimate of drug-likeness (QED) is 0.854. The minimum atomic E-state index is -0.565. The minimum Gasteiger partial charge on any atom is -0.388 e. The number of aliphatic hydroxyl groups excluding tert-OH is 1. The van der Waals surface area contributed by atoms with E-state index >= 15 is 0 Å². The van der Waals surface area contributed by atoms with Gasteiger partial charge in [0.1, 0.15) is 5.69 Å². The van der Waals surface area contributed by atoms with Crippen LogP contribution in [0.4, 0.5) is 0 Å². The van der Waals surface area contributed by atoms with E-state index in [1.807, 2.05) is 44.2 Å². The number of aliphatic hydroxyl groups is 1. The van der Waals surface area contributed by atoms with Crippen LogP contribution in [-0.4, -0.2) is 27.3 Å². The second-order valence-electron chi connectivity index (χ2n) is 4.96. The maximum atomic E-state index is 12.1. The van der Waals surface area contributed by atoms with Crippen LogP contribution in [0.2, 0.25) is 0 Å². The van der Waals surface area contributed by atoms with Crippen molar-refractivity contribution in [3.63, 3.8) is 0 Å². The normalized spacial score (nSPS) is 12.1. The third-order valence-electron chi connectivity index (χ3n) is 3.32. The van der Waals surface area contributed by atoms with Gasteiger partial charge in [-0.2, -0.15) is 5.10 Å². The molecule has 5 heteroatoms. The van der Waals surface area contributed by atoms with Gasteiger partial charge in [0.2, 0.25) is 0 Å². The van der Waals surface area contributed by atoms with Gasteiger partial charge < -0.3 is 10.4 Å². The Labute approximate surface area is 124 Å². The van der Waals surface area contributed by atoms with E-state index in [-0.39, 0.29) is 5.91 Å². The maximum Gasteiger partial charge on any atom is 0.269 e. The molecule has 2 rings (SSSR count). The van der Waals surface area contributed by atoms with Crippen molar-refractivity contribution in [1.82, 2.24) is 15.1 Å². The van der Waals surface area contributed by atoms with Crippen LogP contribution in [0.15, 0.2) is 36.4 Å². The molecule has 1 aromatic heterocycles. The average Bonchev–Trinajstić information content (AvgIpc) is 2.89. The lowest BCUT2D eigenvalue weighted by Gasteiger charge is -2.11. The molecule has 1 heterocycles. The first-order chi connectivity index (χ1) is 10.1. The van der Waals surface area contributed by atoms with Crippen molar-refractivity contribution in [2.75, 3.05) is 6.54 Å². The molecule has 2 aromatic rings. The molecule has 1 atom stereocenters. The van der Waals surface area contributed by atoms with E-state index in [1.54, 1.807) is 10.7 Å². The number of nitrogens with zero attached hydrogens (tertiary/aromatic N) is 2. The van der Waals surface area contributed by atoms with Gasteiger partial charge in [0.05, 0.1) is 11.8 Å². The number of carbonyl (C=O) groups excluding carboxylic acids is 1. The minimum absolute atomic E-state index is 0.155. The first-order valence-corrected chi connectivity index (χ1v) is 7.17. The van der Waals surface area contributed by atoms with E-state index < -0.39 is 6.10 Å². The summed E-state index contributed by atoms with van der Waals surface area (Å²) in [6.45, 7) is 4.89. The molecule has 0 fully saturated rings. The predicted molar refractivity (Wildman–Crippen MR) is 81.0 cm³/mol. The van der Waals surface area contributed by atoms with Crippen LogP contribution < -0.4 is 5.32 Å². The second kappa shape index (κ2) is 7.04. The summed E-state index contributed by atoms with van der Waals surface area (Å²) < 4.78 is 1.68. The molecule has 21 heavy (non-hydrogen) atoms. The number of nitrogens with one attached hydrogen (secondary N) is 1. The van der Waals surface area contributed by atoms with E-state index in [9.17, 15) is 9.90 Å². The second-order valence-corrected chi connectivity index (χ2v) is 4.96.